The summed E-state index contributed by atoms with van der Waals surface area (Å²) < 4.78 is 16.1. The fraction of sp³-hybridized carbons (Fsp3) is 0.250. The molecule has 7 nitrogen and oxygen atoms in total. The number of hydrogen-bond acceptors (Lipinski definition) is 8. The molecule has 3 aromatic carbocycles. The van der Waals surface area contributed by atoms with Gasteiger partial charge >= 0.3 is 5.97 Å². The lowest BCUT2D eigenvalue weighted by molar-refractivity contribution is -0.153. The Balaban J connectivity index is 1.32. The van der Waals surface area contributed by atoms with Gasteiger partial charge in [0.1, 0.15) is 18.8 Å². The fourth-order valence-electron chi connectivity index (χ4n) is 3.58. The monoisotopic (exact) mass is 506 g/mol. The quantitative estimate of drug-likeness (QED) is 0.150. The van der Waals surface area contributed by atoms with Crippen LogP contribution in [-0.4, -0.2) is 53.8 Å². The first-order chi connectivity index (χ1) is 17.4. The summed E-state index contributed by atoms with van der Waals surface area (Å²) in [6.45, 7) is 1.97. The van der Waals surface area contributed by atoms with Crippen LogP contribution in [0.1, 0.15) is 23.7 Å². The van der Waals surface area contributed by atoms with Crippen LogP contribution in [0, 0.1) is 0 Å². The van der Waals surface area contributed by atoms with Crippen molar-refractivity contribution in [2.75, 3.05) is 25.6 Å². The number of hydrogen-bond donors (Lipinski definition) is 1. The van der Waals surface area contributed by atoms with Gasteiger partial charge < -0.3 is 19.3 Å². The van der Waals surface area contributed by atoms with Crippen molar-refractivity contribution in [2.45, 2.75) is 23.8 Å². The van der Waals surface area contributed by atoms with Crippen LogP contribution in [-0.2, 0) is 14.3 Å². The van der Waals surface area contributed by atoms with Crippen LogP contribution in [0.15, 0.2) is 77.7 Å². The summed E-state index contributed by atoms with van der Waals surface area (Å²) in [6.07, 6.45) is -0.515. The maximum absolute atomic E-state index is 12.3. The number of aliphatic hydroxyl groups is 1. The molecule has 1 aliphatic rings. The molecule has 1 N–H and O–H groups in total. The molecule has 4 rings (SSSR count). The number of benzene rings is 3. The number of ketones is 2. The average molecular weight is 507 g/mol. The average Bonchev–Trinajstić information content (AvgIpc) is 3.07. The number of thioether (sulfide) groups is 1. The lowest BCUT2D eigenvalue weighted by atomic mass is 10.0. The van der Waals surface area contributed by atoms with E-state index >= 15 is 0 Å². The molecule has 0 bridgehead atoms. The molecule has 3 aromatic rings. The molecular formula is C28H26O7S. The van der Waals surface area contributed by atoms with Gasteiger partial charge in [-0.3, -0.25) is 9.59 Å². The third-order valence-corrected chi connectivity index (χ3v) is 6.86. The summed E-state index contributed by atoms with van der Waals surface area (Å²) in [5.74, 6) is -0.616. The van der Waals surface area contributed by atoms with Gasteiger partial charge in [0, 0.05) is 16.2 Å². The minimum absolute atomic E-state index is 0.0866. The number of ether oxygens (including phenoxy) is 3. The molecule has 1 aliphatic heterocycles. The predicted octanol–water partition coefficient (Wildman–Crippen LogP) is 4.35. The smallest absolute Gasteiger partial charge is 0.375 e. The van der Waals surface area contributed by atoms with Gasteiger partial charge in [-0.2, -0.15) is 0 Å². The van der Waals surface area contributed by atoms with E-state index in [1.165, 1.54) is 11.8 Å². The molecule has 8 heteroatoms. The molecule has 0 unspecified atom stereocenters. The predicted molar refractivity (Wildman–Crippen MR) is 136 cm³/mol. The van der Waals surface area contributed by atoms with E-state index in [1.807, 2.05) is 48.5 Å². The Kier molecular flexibility index (Phi) is 8.07. The molecule has 0 radical (unpaired) electrons. The lowest BCUT2D eigenvalue weighted by Gasteiger charge is -2.24. The van der Waals surface area contributed by atoms with E-state index < -0.39 is 29.6 Å². The molecule has 0 atom stereocenters. The lowest BCUT2D eigenvalue weighted by Crippen LogP contribution is -2.43. The zero-order chi connectivity index (χ0) is 25.5. The van der Waals surface area contributed by atoms with Crippen molar-refractivity contribution < 1.29 is 33.7 Å². The van der Waals surface area contributed by atoms with Crippen LogP contribution >= 0.6 is 11.8 Å². The molecule has 186 valence electrons. The van der Waals surface area contributed by atoms with Crippen LogP contribution in [0.5, 0.6) is 11.5 Å². The number of fused-ring (bicyclic) bond motifs is 1. The highest BCUT2D eigenvalue weighted by atomic mass is 32.2. The second-order valence-electron chi connectivity index (χ2n) is 8.38. The Morgan fingerprint density at radius 2 is 1.44 bits per heavy atom. The van der Waals surface area contributed by atoms with Gasteiger partial charge in [0.15, 0.2) is 17.3 Å². The Morgan fingerprint density at radius 1 is 0.889 bits per heavy atom. The van der Waals surface area contributed by atoms with Crippen LogP contribution < -0.4 is 9.47 Å². The number of para-hydroxylation sites is 2. The Morgan fingerprint density at radius 3 is 2.00 bits per heavy atom. The summed E-state index contributed by atoms with van der Waals surface area (Å²) in [6, 6.07) is 22.1. The third kappa shape index (κ3) is 6.33. The highest BCUT2D eigenvalue weighted by Crippen LogP contribution is 2.33. The summed E-state index contributed by atoms with van der Waals surface area (Å²) >= 11 is 1.51. The minimum atomic E-state index is -1.13. The van der Waals surface area contributed by atoms with Crippen LogP contribution in [0.2, 0.25) is 0 Å². The topological polar surface area (TPSA) is 99.1 Å². The Hall–Kier alpha value is -3.62. The van der Waals surface area contributed by atoms with Crippen molar-refractivity contribution in [1.29, 1.82) is 0 Å². The van der Waals surface area contributed by atoms with E-state index in [1.54, 1.807) is 31.2 Å². The molecule has 0 fully saturated rings. The molecule has 0 amide bonds. The highest BCUT2D eigenvalue weighted by molar-refractivity contribution is 7.99. The van der Waals surface area contributed by atoms with E-state index in [2.05, 4.69) is 4.74 Å². The normalized spacial score (nSPS) is 13.9. The second kappa shape index (κ2) is 11.4. The molecule has 0 saturated heterocycles. The van der Waals surface area contributed by atoms with Gasteiger partial charge in [0.2, 0.25) is 5.78 Å². The first-order valence-corrected chi connectivity index (χ1v) is 12.5. The van der Waals surface area contributed by atoms with Gasteiger partial charge in [0.05, 0.1) is 13.0 Å². The second-order valence-corrected chi connectivity index (χ2v) is 9.43. The largest absolute Gasteiger partial charge is 0.487 e. The molecule has 0 spiro atoms. The summed E-state index contributed by atoms with van der Waals surface area (Å²) in [7, 11) is 0. The molecule has 36 heavy (non-hydrogen) atoms. The third-order valence-electron chi connectivity index (χ3n) is 5.57. The maximum atomic E-state index is 12.3. The van der Waals surface area contributed by atoms with Gasteiger partial charge in [-0.25, -0.2) is 4.79 Å². The van der Waals surface area contributed by atoms with Crippen molar-refractivity contribution in [3.8, 4) is 22.6 Å². The number of Topliss-reactive ketones (excluding diaryl/α,β-unsaturated/α-hetero) is 2. The van der Waals surface area contributed by atoms with Crippen LogP contribution in [0.25, 0.3) is 11.1 Å². The number of rotatable bonds is 9. The Labute approximate surface area is 213 Å². The standard InChI is InChI=1S/C28H26O7S/c1-2-33-27(31)24(30)15-23(29)21-9-7-19(8-10-21)20-11-13-22(14-12-20)36-18-28(32)16-34-25-5-3-4-6-26(25)35-17-28/h3-14,32H,2,15-18H2,1H3. The summed E-state index contributed by atoms with van der Waals surface area (Å²) in [5.41, 5.74) is 1.09. The van der Waals surface area contributed by atoms with Gasteiger partial charge in [-0.1, -0.05) is 48.5 Å². The van der Waals surface area contributed by atoms with E-state index in [0.29, 0.717) is 22.8 Å². The number of carbonyl (C=O) groups is 3. The fourth-order valence-corrected chi connectivity index (χ4v) is 4.51. The van der Waals surface area contributed by atoms with Crippen molar-refractivity contribution in [3.63, 3.8) is 0 Å². The first kappa shape index (κ1) is 25.5. The molecule has 0 saturated carbocycles. The van der Waals surface area contributed by atoms with Gasteiger partial charge in [-0.15, -0.1) is 11.8 Å². The van der Waals surface area contributed by atoms with Crippen LogP contribution in [0.3, 0.4) is 0 Å². The maximum Gasteiger partial charge on any atom is 0.375 e. The molecule has 0 aromatic heterocycles. The van der Waals surface area contributed by atoms with Crippen molar-refractivity contribution in [2.24, 2.45) is 0 Å². The van der Waals surface area contributed by atoms with E-state index in [0.717, 1.165) is 16.0 Å². The Bertz CT molecular complexity index is 1210. The first-order valence-electron chi connectivity index (χ1n) is 11.5. The SMILES string of the molecule is CCOC(=O)C(=O)CC(=O)c1ccc(-c2ccc(SCC3(O)COc4ccccc4OC3)cc2)cc1. The number of carbonyl (C=O) groups excluding carboxylic acids is 3. The highest BCUT2D eigenvalue weighted by Gasteiger charge is 2.32. The zero-order valence-corrected chi connectivity index (χ0v) is 20.6. The number of esters is 1. The van der Waals surface area contributed by atoms with E-state index in [-0.39, 0.29) is 19.8 Å². The van der Waals surface area contributed by atoms with Crippen molar-refractivity contribution in [1.82, 2.24) is 0 Å². The van der Waals surface area contributed by atoms with Gasteiger partial charge in [0.25, 0.3) is 0 Å². The van der Waals surface area contributed by atoms with E-state index in [9.17, 15) is 19.5 Å². The molecule has 0 aliphatic carbocycles. The molecular weight excluding hydrogens is 480 g/mol. The van der Waals surface area contributed by atoms with Crippen molar-refractivity contribution >= 4 is 29.3 Å². The van der Waals surface area contributed by atoms with Crippen molar-refractivity contribution in [3.05, 3.63) is 78.4 Å². The van der Waals surface area contributed by atoms with Gasteiger partial charge in [-0.05, 0) is 42.3 Å². The van der Waals surface area contributed by atoms with E-state index in [4.69, 9.17) is 9.47 Å². The van der Waals surface area contributed by atoms with Crippen LogP contribution in [0.4, 0.5) is 0 Å². The molecule has 1 heterocycles. The summed E-state index contributed by atoms with van der Waals surface area (Å²) in [5, 5.41) is 11.0. The zero-order valence-electron chi connectivity index (χ0n) is 19.8. The minimum Gasteiger partial charge on any atom is -0.487 e. The summed E-state index contributed by atoms with van der Waals surface area (Å²) in [4.78, 5) is 36.5.